The van der Waals surface area contributed by atoms with Gasteiger partial charge >= 0.3 is 0 Å². The molecule has 1 rings (SSSR count). The highest BCUT2D eigenvalue weighted by molar-refractivity contribution is 7.10. The Morgan fingerprint density at radius 2 is 2.29 bits per heavy atom. The number of thiophene rings is 1. The van der Waals surface area contributed by atoms with Crippen LogP contribution in [0.5, 0.6) is 0 Å². The second-order valence-electron chi connectivity index (χ2n) is 3.19. The van der Waals surface area contributed by atoms with E-state index in [-0.39, 0.29) is 5.91 Å². The van der Waals surface area contributed by atoms with Crippen molar-refractivity contribution in [1.29, 1.82) is 0 Å². The molecule has 0 bridgehead atoms. The van der Waals surface area contributed by atoms with E-state index in [1.165, 1.54) is 17.4 Å². The van der Waals surface area contributed by atoms with E-state index in [0.717, 1.165) is 13.1 Å². The molecular weight excluding hydrogens is 196 g/mol. The van der Waals surface area contributed by atoms with E-state index in [0.29, 0.717) is 6.54 Å². The Hall–Kier alpha value is -0.870. The summed E-state index contributed by atoms with van der Waals surface area (Å²) in [5.74, 6) is 0.0269. The van der Waals surface area contributed by atoms with Crippen molar-refractivity contribution in [3.05, 3.63) is 21.9 Å². The van der Waals surface area contributed by atoms with Gasteiger partial charge in [0.25, 0.3) is 0 Å². The van der Waals surface area contributed by atoms with Crippen LogP contribution in [0.2, 0.25) is 0 Å². The molecule has 0 saturated heterocycles. The smallest absolute Gasteiger partial charge is 0.216 e. The Kier molecular flexibility index (Phi) is 4.62. The van der Waals surface area contributed by atoms with Crippen LogP contribution < -0.4 is 10.6 Å². The molecule has 3 nitrogen and oxygen atoms in total. The van der Waals surface area contributed by atoms with Gasteiger partial charge in [0.05, 0.1) is 0 Å². The minimum absolute atomic E-state index is 0.0269. The van der Waals surface area contributed by atoms with Crippen molar-refractivity contribution in [2.45, 2.75) is 20.4 Å². The van der Waals surface area contributed by atoms with Crippen LogP contribution in [0.4, 0.5) is 0 Å². The van der Waals surface area contributed by atoms with Gasteiger partial charge < -0.3 is 10.6 Å². The molecule has 0 unspecified atom stereocenters. The lowest BCUT2D eigenvalue weighted by atomic mass is 10.3. The van der Waals surface area contributed by atoms with E-state index in [1.807, 2.05) is 0 Å². The summed E-state index contributed by atoms with van der Waals surface area (Å²) in [5.41, 5.74) is 1.34. The lowest BCUT2D eigenvalue weighted by Crippen LogP contribution is -2.29. The van der Waals surface area contributed by atoms with E-state index in [2.05, 4.69) is 29.0 Å². The van der Waals surface area contributed by atoms with Crippen molar-refractivity contribution in [3.63, 3.8) is 0 Å². The molecule has 1 heterocycles. The van der Waals surface area contributed by atoms with Crippen LogP contribution in [0.3, 0.4) is 0 Å². The first-order valence-electron chi connectivity index (χ1n) is 4.68. The first-order valence-corrected chi connectivity index (χ1v) is 5.56. The molecule has 0 saturated carbocycles. The molecule has 14 heavy (non-hydrogen) atoms. The minimum atomic E-state index is 0.0269. The van der Waals surface area contributed by atoms with Crippen LogP contribution >= 0.6 is 11.3 Å². The van der Waals surface area contributed by atoms with Crippen LogP contribution in [0, 0.1) is 6.92 Å². The van der Waals surface area contributed by atoms with Crippen molar-refractivity contribution in [1.82, 2.24) is 10.6 Å². The molecule has 78 valence electrons. The van der Waals surface area contributed by atoms with E-state index in [1.54, 1.807) is 11.3 Å². The van der Waals surface area contributed by atoms with Crippen molar-refractivity contribution in [2.75, 3.05) is 13.1 Å². The molecule has 0 fully saturated rings. The zero-order chi connectivity index (χ0) is 10.4. The number of aryl methyl sites for hydroxylation is 1. The first-order chi connectivity index (χ1) is 6.70. The third-order valence-corrected chi connectivity index (χ3v) is 2.95. The van der Waals surface area contributed by atoms with Gasteiger partial charge in [0.2, 0.25) is 5.91 Å². The zero-order valence-electron chi connectivity index (χ0n) is 8.59. The molecule has 1 aromatic rings. The number of nitrogens with one attached hydrogen (secondary N) is 2. The lowest BCUT2D eigenvalue weighted by Gasteiger charge is -2.04. The molecule has 1 aromatic heterocycles. The topological polar surface area (TPSA) is 41.1 Å². The Morgan fingerprint density at radius 3 is 2.86 bits per heavy atom. The van der Waals surface area contributed by atoms with Crippen molar-refractivity contribution < 1.29 is 4.79 Å². The van der Waals surface area contributed by atoms with Gasteiger partial charge in [-0.05, 0) is 23.9 Å². The second-order valence-corrected chi connectivity index (χ2v) is 4.19. The Balaban J connectivity index is 2.10. The summed E-state index contributed by atoms with van der Waals surface area (Å²) in [6.45, 7) is 6.05. The highest BCUT2D eigenvalue weighted by atomic mass is 32.1. The lowest BCUT2D eigenvalue weighted by molar-refractivity contribution is -0.118. The number of rotatable bonds is 5. The summed E-state index contributed by atoms with van der Waals surface area (Å²) in [6.07, 6.45) is 0. The standard InChI is InChI=1S/C10H16N2OS/c1-8-3-6-14-10(8)7-11-4-5-12-9(2)13/h3,6,11H,4-5,7H2,1-2H3,(H,12,13). The third kappa shape index (κ3) is 3.89. The summed E-state index contributed by atoms with van der Waals surface area (Å²) in [5, 5.41) is 8.12. The van der Waals surface area contributed by atoms with Crippen LogP contribution in [-0.2, 0) is 11.3 Å². The number of hydrogen-bond donors (Lipinski definition) is 2. The van der Waals surface area contributed by atoms with Crippen molar-refractivity contribution in [3.8, 4) is 0 Å². The van der Waals surface area contributed by atoms with Crippen molar-refractivity contribution in [2.24, 2.45) is 0 Å². The van der Waals surface area contributed by atoms with E-state index in [4.69, 9.17) is 0 Å². The molecule has 4 heteroatoms. The molecule has 2 N–H and O–H groups in total. The largest absolute Gasteiger partial charge is 0.355 e. The number of carbonyl (C=O) groups excluding carboxylic acids is 1. The molecule has 0 aromatic carbocycles. The number of hydrogen-bond acceptors (Lipinski definition) is 3. The first kappa shape index (κ1) is 11.2. The highest BCUT2D eigenvalue weighted by Gasteiger charge is 1.98. The minimum Gasteiger partial charge on any atom is -0.355 e. The maximum Gasteiger partial charge on any atom is 0.216 e. The third-order valence-electron chi connectivity index (χ3n) is 1.93. The van der Waals surface area contributed by atoms with Gasteiger partial charge in [-0.15, -0.1) is 11.3 Å². The van der Waals surface area contributed by atoms with Crippen LogP contribution in [0.15, 0.2) is 11.4 Å². The molecule has 0 aliphatic heterocycles. The summed E-state index contributed by atoms with van der Waals surface area (Å²) in [6, 6.07) is 2.12. The normalized spacial score (nSPS) is 10.1. The van der Waals surface area contributed by atoms with Gasteiger partial charge in [0, 0.05) is 31.4 Å². The van der Waals surface area contributed by atoms with E-state index < -0.39 is 0 Å². The van der Waals surface area contributed by atoms with Gasteiger partial charge in [-0.2, -0.15) is 0 Å². The molecule has 0 atom stereocenters. The van der Waals surface area contributed by atoms with Gasteiger partial charge in [-0.1, -0.05) is 0 Å². The number of amides is 1. The molecule has 0 aliphatic rings. The summed E-state index contributed by atoms with van der Waals surface area (Å²) < 4.78 is 0. The fourth-order valence-electron chi connectivity index (χ4n) is 1.11. The summed E-state index contributed by atoms with van der Waals surface area (Å²) >= 11 is 1.76. The second kappa shape index (κ2) is 5.78. The predicted molar refractivity (Wildman–Crippen MR) is 59.4 cm³/mol. The van der Waals surface area contributed by atoms with Crippen LogP contribution in [0.1, 0.15) is 17.4 Å². The maximum absolute atomic E-state index is 10.6. The highest BCUT2D eigenvalue weighted by Crippen LogP contribution is 2.14. The zero-order valence-corrected chi connectivity index (χ0v) is 9.41. The fraction of sp³-hybridized carbons (Fsp3) is 0.500. The van der Waals surface area contributed by atoms with E-state index in [9.17, 15) is 4.79 Å². The number of carbonyl (C=O) groups is 1. The Bertz CT molecular complexity index is 296. The Morgan fingerprint density at radius 1 is 1.50 bits per heavy atom. The quantitative estimate of drug-likeness (QED) is 0.722. The predicted octanol–water partition coefficient (Wildman–Crippen LogP) is 1.28. The molecule has 0 spiro atoms. The summed E-state index contributed by atoms with van der Waals surface area (Å²) in [7, 11) is 0. The van der Waals surface area contributed by atoms with Crippen LogP contribution in [-0.4, -0.2) is 19.0 Å². The van der Waals surface area contributed by atoms with Gasteiger partial charge in [0.15, 0.2) is 0 Å². The van der Waals surface area contributed by atoms with Gasteiger partial charge in [0.1, 0.15) is 0 Å². The van der Waals surface area contributed by atoms with Gasteiger partial charge in [-0.25, -0.2) is 0 Å². The molecule has 0 radical (unpaired) electrons. The average Bonchev–Trinajstić information content (AvgIpc) is 2.51. The fourth-order valence-corrected chi connectivity index (χ4v) is 1.99. The van der Waals surface area contributed by atoms with Crippen molar-refractivity contribution >= 4 is 17.2 Å². The average molecular weight is 212 g/mol. The monoisotopic (exact) mass is 212 g/mol. The SMILES string of the molecule is CC(=O)NCCNCc1sccc1C. The van der Waals surface area contributed by atoms with Gasteiger partial charge in [-0.3, -0.25) is 4.79 Å². The summed E-state index contributed by atoms with van der Waals surface area (Å²) in [4.78, 5) is 11.9. The molecular formula is C10H16N2OS. The molecule has 1 amide bonds. The van der Waals surface area contributed by atoms with Crippen LogP contribution in [0.25, 0.3) is 0 Å². The maximum atomic E-state index is 10.6. The molecule has 0 aliphatic carbocycles. The Labute approximate surface area is 88.5 Å². The van der Waals surface area contributed by atoms with E-state index >= 15 is 0 Å².